The fraction of sp³-hybridized carbons (Fsp3) is 0.433. The van der Waals surface area contributed by atoms with Gasteiger partial charge >= 0.3 is 6.18 Å². The summed E-state index contributed by atoms with van der Waals surface area (Å²) in [6.45, 7) is 3.23. The van der Waals surface area contributed by atoms with E-state index in [1.54, 1.807) is 6.92 Å². The maximum atomic E-state index is 14.3. The molecule has 1 fully saturated rings. The molecule has 3 aromatic rings. The Morgan fingerprint density at radius 3 is 2.57 bits per heavy atom. The molecule has 0 bridgehead atoms. The zero-order chi connectivity index (χ0) is 34.0. The Balaban J connectivity index is 1.61. The van der Waals surface area contributed by atoms with Gasteiger partial charge in [-0.05, 0) is 37.5 Å². The fourth-order valence-electron chi connectivity index (χ4n) is 5.31. The molecule has 2 heterocycles. The second-order valence-electron chi connectivity index (χ2n) is 11.2. The van der Waals surface area contributed by atoms with Crippen molar-refractivity contribution in [2.45, 2.75) is 50.0 Å². The maximum absolute atomic E-state index is 14.3. The number of fused-ring (bicyclic) bond motifs is 1. The van der Waals surface area contributed by atoms with Crippen molar-refractivity contribution in [2.24, 2.45) is 11.7 Å². The molecule has 2 aromatic carbocycles. The fourth-order valence-corrected chi connectivity index (χ4v) is 6.06. The number of alkyl halides is 3. The van der Waals surface area contributed by atoms with Gasteiger partial charge in [0.25, 0.3) is 5.91 Å². The SMILES string of the molecule is COc1cc(F)c(S(C)(=O)=O)cc1NCC#Cc1cc(C(=O)N[C@H]2CCN(C(C)C(N)=O)C[C@@H]2C)c2ncn(CC(F)(F)F)c2c1. The molecule has 11 nitrogen and oxygen atoms in total. The third-order valence-corrected chi connectivity index (χ3v) is 8.90. The van der Waals surface area contributed by atoms with E-state index in [0.717, 1.165) is 29.3 Å². The van der Waals surface area contributed by atoms with Gasteiger partial charge in [0.15, 0.2) is 9.84 Å². The highest BCUT2D eigenvalue weighted by Crippen LogP contribution is 2.30. The number of amides is 2. The Kier molecular flexibility index (Phi) is 10.2. The molecule has 1 unspecified atom stereocenters. The van der Waals surface area contributed by atoms with Gasteiger partial charge in [0.2, 0.25) is 5.91 Å². The number of anilines is 1. The molecule has 1 aromatic heterocycles. The maximum Gasteiger partial charge on any atom is 0.406 e. The van der Waals surface area contributed by atoms with Crippen LogP contribution < -0.4 is 21.1 Å². The van der Waals surface area contributed by atoms with Crippen molar-refractivity contribution >= 4 is 38.4 Å². The van der Waals surface area contributed by atoms with Gasteiger partial charge in [0.1, 0.15) is 28.5 Å². The molecule has 1 saturated heterocycles. The highest BCUT2D eigenvalue weighted by atomic mass is 32.2. The number of likely N-dealkylation sites (tertiary alicyclic amines) is 1. The quantitative estimate of drug-likeness (QED) is 0.233. The predicted octanol–water partition coefficient (Wildman–Crippen LogP) is 2.93. The lowest BCUT2D eigenvalue weighted by atomic mass is 9.92. The van der Waals surface area contributed by atoms with Crippen molar-refractivity contribution in [2.75, 3.05) is 38.3 Å². The van der Waals surface area contributed by atoms with E-state index in [1.165, 1.54) is 19.2 Å². The number of methoxy groups -OCH3 is 1. The molecule has 0 aliphatic carbocycles. The minimum absolute atomic E-state index is 0.0345. The van der Waals surface area contributed by atoms with Crippen molar-refractivity contribution in [3.63, 3.8) is 0 Å². The number of sulfone groups is 1. The lowest BCUT2D eigenvalue weighted by Gasteiger charge is -2.39. The average molecular weight is 667 g/mol. The zero-order valence-corrected chi connectivity index (χ0v) is 26.4. The molecular weight excluding hydrogens is 632 g/mol. The van der Waals surface area contributed by atoms with E-state index in [-0.39, 0.29) is 52.1 Å². The zero-order valence-electron chi connectivity index (χ0n) is 25.5. The van der Waals surface area contributed by atoms with Gasteiger partial charge in [0.05, 0.1) is 42.8 Å². The molecule has 248 valence electrons. The van der Waals surface area contributed by atoms with Crippen molar-refractivity contribution in [3.8, 4) is 17.6 Å². The van der Waals surface area contributed by atoms with Crippen LogP contribution in [-0.4, -0.2) is 85.9 Å². The van der Waals surface area contributed by atoms with E-state index in [1.807, 2.05) is 11.8 Å². The summed E-state index contributed by atoms with van der Waals surface area (Å²) < 4.78 is 84.2. The molecule has 0 radical (unpaired) electrons. The van der Waals surface area contributed by atoms with Crippen LogP contribution in [0.15, 0.2) is 35.5 Å². The lowest BCUT2D eigenvalue weighted by molar-refractivity contribution is -0.140. The van der Waals surface area contributed by atoms with Gasteiger partial charge in [-0.1, -0.05) is 18.8 Å². The van der Waals surface area contributed by atoms with Gasteiger partial charge in [0, 0.05) is 37.0 Å². The second kappa shape index (κ2) is 13.6. The average Bonchev–Trinajstić information content (AvgIpc) is 3.35. The van der Waals surface area contributed by atoms with Crippen molar-refractivity contribution in [1.29, 1.82) is 0 Å². The Morgan fingerprint density at radius 2 is 1.96 bits per heavy atom. The summed E-state index contributed by atoms with van der Waals surface area (Å²) in [4.78, 5) is 30.7. The van der Waals surface area contributed by atoms with E-state index in [2.05, 4.69) is 27.5 Å². The summed E-state index contributed by atoms with van der Waals surface area (Å²) in [6.07, 6.45) is -2.15. The first-order chi connectivity index (χ1) is 21.5. The van der Waals surface area contributed by atoms with Crippen molar-refractivity contribution < 1.29 is 40.3 Å². The van der Waals surface area contributed by atoms with Crippen LogP contribution in [0.5, 0.6) is 5.75 Å². The van der Waals surface area contributed by atoms with Gasteiger partial charge in [-0.2, -0.15) is 13.2 Å². The van der Waals surface area contributed by atoms with Gasteiger partial charge in [-0.15, -0.1) is 0 Å². The molecular formula is C30H34F4N6O5S. The van der Waals surface area contributed by atoms with E-state index in [4.69, 9.17) is 10.5 Å². The van der Waals surface area contributed by atoms with Crippen LogP contribution in [0.4, 0.5) is 23.2 Å². The number of halogens is 4. The summed E-state index contributed by atoms with van der Waals surface area (Å²) in [5.74, 6) is 3.62. The largest absolute Gasteiger partial charge is 0.494 e. The molecule has 0 spiro atoms. The monoisotopic (exact) mass is 666 g/mol. The topological polar surface area (TPSA) is 149 Å². The number of aromatic nitrogens is 2. The summed E-state index contributed by atoms with van der Waals surface area (Å²) in [5, 5.41) is 5.82. The first kappa shape index (κ1) is 34.5. The lowest BCUT2D eigenvalue weighted by Crippen LogP contribution is -2.54. The highest BCUT2D eigenvalue weighted by molar-refractivity contribution is 7.90. The number of carbonyl (C=O) groups excluding carboxylic acids is 2. The first-order valence-corrected chi connectivity index (χ1v) is 16.1. The number of rotatable bonds is 9. The highest BCUT2D eigenvalue weighted by Gasteiger charge is 2.33. The van der Waals surface area contributed by atoms with Crippen LogP contribution in [0, 0.1) is 23.6 Å². The number of imidazole rings is 1. The third-order valence-electron chi connectivity index (χ3n) is 7.79. The van der Waals surface area contributed by atoms with Crippen molar-refractivity contribution in [3.05, 3.63) is 47.5 Å². The number of primary amides is 1. The number of nitrogens with zero attached hydrogens (tertiary/aromatic N) is 3. The number of nitrogens with two attached hydrogens (primary N) is 1. The summed E-state index contributed by atoms with van der Waals surface area (Å²) >= 11 is 0. The number of nitrogens with one attached hydrogen (secondary N) is 2. The molecule has 4 N–H and O–H groups in total. The number of piperidine rings is 1. The molecule has 1 aliphatic heterocycles. The third kappa shape index (κ3) is 8.07. The van der Waals surface area contributed by atoms with E-state index in [0.29, 0.717) is 19.5 Å². The van der Waals surface area contributed by atoms with Gasteiger partial charge in [-0.25, -0.2) is 17.8 Å². The number of benzene rings is 2. The van der Waals surface area contributed by atoms with Crippen LogP contribution in [0.3, 0.4) is 0 Å². The summed E-state index contributed by atoms with van der Waals surface area (Å²) in [7, 11) is -2.60. The number of ether oxygens (including phenoxy) is 1. The van der Waals surface area contributed by atoms with E-state index in [9.17, 15) is 35.6 Å². The minimum Gasteiger partial charge on any atom is -0.494 e. The first-order valence-electron chi connectivity index (χ1n) is 14.2. The molecule has 1 aliphatic rings. The van der Waals surface area contributed by atoms with E-state index >= 15 is 0 Å². The number of hydrogen-bond acceptors (Lipinski definition) is 8. The number of hydrogen-bond donors (Lipinski definition) is 3. The normalized spacial score (nSPS) is 18.0. The Morgan fingerprint density at radius 1 is 1.24 bits per heavy atom. The molecule has 4 rings (SSSR count). The minimum atomic E-state index is -4.55. The molecule has 16 heteroatoms. The second-order valence-corrected chi connectivity index (χ2v) is 13.2. The molecule has 0 saturated carbocycles. The van der Waals surface area contributed by atoms with Gasteiger partial charge in [-0.3, -0.25) is 14.5 Å². The smallest absolute Gasteiger partial charge is 0.406 e. The number of carbonyl (C=O) groups is 2. The van der Waals surface area contributed by atoms with E-state index < -0.39 is 51.1 Å². The van der Waals surface area contributed by atoms with Crippen LogP contribution in [0.2, 0.25) is 0 Å². The summed E-state index contributed by atoms with van der Waals surface area (Å²) in [6, 6.07) is 4.09. The molecule has 46 heavy (non-hydrogen) atoms. The Hall–Kier alpha value is -4.36. The van der Waals surface area contributed by atoms with Crippen LogP contribution in [0.25, 0.3) is 11.0 Å². The summed E-state index contributed by atoms with van der Waals surface area (Å²) in [5.41, 5.74) is 5.98. The Bertz CT molecular complexity index is 1820. The standard InChI is InChI=1S/C30H34F4N6O5S/c1-17-14-39(18(2)28(35)41)9-7-22(17)38-29(42)20-10-19(11-24-27(20)37-16-40(24)15-30(32,33)34)6-5-8-36-23-13-26(46(4,43)44)21(31)12-25(23)45-3/h10-13,16-18,22,36H,7-9,14-15H2,1-4H3,(H2,35,41)(H,38,42)/t17-,18?,22-/m0/s1. The van der Waals surface area contributed by atoms with Crippen LogP contribution >= 0.6 is 0 Å². The predicted molar refractivity (Wildman–Crippen MR) is 162 cm³/mol. The molecule has 3 atom stereocenters. The molecule has 2 amide bonds. The Labute approximate surface area is 263 Å². The van der Waals surface area contributed by atoms with Gasteiger partial charge < -0.3 is 25.7 Å². The van der Waals surface area contributed by atoms with Crippen molar-refractivity contribution in [1.82, 2.24) is 19.8 Å². The van der Waals surface area contributed by atoms with Crippen LogP contribution in [-0.2, 0) is 21.2 Å². The van der Waals surface area contributed by atoms with Crippen LogP contribution in [0.1, 0.15) is 36.2 Å².